The van der Waals surface area contributed by atoms with E-state index in [2.05, 4.69) is 15.9 Å². The van der Waals surface area contributed by atoms with Crippen LogP contribution in [0.25, 0.3) is 0 Å². The number of carbonyl (C=O) groups is 1. The van der Waals surface area contributed by atoms with Crippen LogP contribution in [0.3, 0.4) is 0 Å². The first-order valence-corrected chi connectivity index (χ1v) is 6.73. The molecule has 0 aromatic heterocycles. The van der Waals surface area contributed by atoms with Crippen LogP contribution in [0, 0.1) is 5.82 Å². The molecule has 0 saturated carbocycles. The van der Waals surface area contributed by atoms with E-state index in [9.17, 15) is 9.18 Å². The topological polar surface area (TPSA) is 55.6 Å². The first-order valence-electron chi connectivity index (χ1n) is 5.94. The van der Waals surface area contributed by atoms with Crippen molar-refractivity contribution in [2.45, 2.75) is 20.0 Å². The number of amides is 1. The number of benzene rings is 1. The zero-order chi connectivity index (χ0) is 14.6. The Kier molecular flexibility index (Phi) is 5.75. The smallest absolute Gasteiger partial charge is 0.254 e. The molecular formula is C13H18BrFN2O2. The van der Waals surface area contributed by atoms with Crippen molar-refractivity contribution in [3.05, 3.63) is 28.0 Å². The summed E-state index contributed by atoms with van der Waals surface area (Å²) in [5.41, 5.74) is 5.77. The second kappa shape index (κ2) is 6.86. The zero-order valence-electron chi connectivity index (χ0n) is 11.2. The molecule has 0 spiro atoms. The first kappa shape index (κ1) is 15.9. The number of nitrogens with zero attached hydrogens (tertiary/aromatic N) is 1. The maximum absolute atomic E-state index is 13.2. The van der Waals surface area contributed by atoms with Gasteiger partial charge in [0.05, 0.1) is 24.0 Å². The lowest BCUT2D eigenvalue weighted by Gasteiger charge is -2.19. The van der Waals surface area contributed by atoms with E-state index >= 15 is 0 Å². The van der Waals surface area contributed by atoms with Gasteiger partial charge in [-0.05, 0) is 41.9 Å². The van der Waals surface area contributed by atoms with Crippen molar-refractivity contribution in [3.8, 4) is 0 Å². The number of rotatable bonds is 5. The maximum atomic E-state index is 13.2. The molecule has 0 heterocycles. The quantitative estimate of drug-likeness (QED) is 0.843. The largest absolute Gasteiger partial charge is 0.396 e. The molecule has 0 aliphatic rings. The Hall–Kier alpha value is -1.14. The predicted octanol–water partition coefficient (Wildman–Crippen LogP) is 2.67. The number of likely N-dealkylation sites (N-methyl/N-ethyl adjacent to an activating group) is 1. The zero-order valence-corrected chi connectivity index (χ0v) is 12.8. The van der Waals surface area contributed by atoms with E-state index in [-0.39, 0.29) is 17.7 Å². The van der Waals surface area contributed by atoms with Crippen molar-refractivity contribution in [2.24, 2.45) is 0 Å². The molecule has 1 rings (SSSR count). The number of ether oxygens (including phenoxy) is 1. The molecule has 106 valence electrons. The molecule has 1 aromatic rings. The third-order valence-corrected chi connectivity index (χ3v) is 3.20. The van der Waals surface area contributed by atoms with Crippen LogP contribution in [-0.2, 0) is 4.74 Å². The van der Waals surface area contributed by atoms with Crippen LogP contribution in [0.2, 0.25) is 0 Å². The highest BCUT2D eigenvalue weighted by molar-refractivity contribution is 9.10. The van der Waals surface area contributed by atoms with Crippen molar-refractivity contribution in [2.75, 3.05) is 25.9 Å². The predicted molar refractivity (Wildman–Crippen MR) is 76.6 cm³/mol. The van der Waals surface area contributed by atoms with Gasteiger partial charge < -0.3 is 15.4 Å². The second-order valence-electron chi connectivity index (χ2n) is 4.50. The molecule has 1 aromatic carbocycles. The average molecular weight is 333 g/mol. The molecule has 0 aliphatic heterocycles. The van der Waals surface area contributed by atoms with Crippen molar-refractivity contribution in [3.63, 3.8) is 0 Å². The molecule has 0 unspecified atom stereocenters. The fourth-order valence-corrected chi connectivity index (χ4v) is 1.95. The number of hydrogen-bond donors (Lipinski definition) is 1. The van der Waals surface area contributed by atoms with Crippen LogP contribution in [0.4, 0.5) is 10.1 Å². The van der Waals surface area contributed by atoms with E-state index < -0.39 is 5.82 Å². The Balaban J connectivity index is 2.74. The molecular weight excluding hydrogens is 315 g/mol. The highest BCUT2D eigenvalue weighted by Gasteiger charge is 2.17. The van der Waals surface area contributed by atoms with Gasteiger partial charge in [0.15, 0.2) is 0 Å². The molecule has 0 saturated heterocycles. The van der Waals surface area contributed by atoms with Gasteiger partial charge in [0.25, 0.3) is 5.91 Å². The summed E-state index contributed by atoms with van der Waals surface area (Å²) in [5, 5.41) is 0. The third-order valence-electron chi connectivity index (χ3n) is 2.54. The summed E-state index contributed by atoms with van der Waals surface area (Å²) < 4.78 is 19.0. The highest BCUT2D eigenvalue weighted by atomic mass is 79.9. The van der Waals surface area contributed by atoms with Crippen LogP contribution >= 0.6 is 15.9 Å². The molecule has 0 bridgehead atoms. The Morgan fingerprint density at radius 1 is 1.53 bits per heavy atom. The number of anilines is 1. The van der Waals surface area contributed by atoms with Gasteiger partial charge in [0.1, 0.15) is 5.82 Å². The van der Waals surface area contributed by atoms with Gasteiger partial charge in [-0.1, -0.05) is 0 Å². The minimum Gasteiger partial charge on any atom is -0.396 e. The molecule has 6 heteroatoms. The molecule has 0 aliphatic carbocycles. The van der Waals surface area contributed by atoms with E-state index in [1.165, 1.54) is 17.0 Å². The SMILES string of the molecule is CC(C)OCCN(C)C(=O)c1cc(N)c(F)cc1Br. The summed E-state index contributed by atoms with van der Waals surface area (Å²) >= 11 is 3.17. The van der Waals surface area contributed by atoms with Crippen molar-refractivity contribution in [1.29, 1.82) is 0 Å². The van der Waals surface area contributed by atoms with Crippen LogP contribution in [0.15, 0.2) is 16.6 Å². The Morgan fingerprint density at radius 2 is 2.16 bits per heavy atom. The normalized spacial score (nSPS) is 10.8. The van der Waals surface area contributed by atoms with Crippen LogP contribution in [0.5, 0.6) is 0 Å². The van der Waals surface area contributed by atoms with Crippen LogP contribution in [0.1, 0.15) is 24.2 Å². The van der Waals surface area contributed by atoms with E-state index in [1.807, 2.05) is 13.8 Å². The van der Waals surface area contributed by atoms with Crippen molar-refractivity contribution in [1.82, 2.24) is 4.90 Å². The Bertz CT molecular complexity index is 466. The van der Waals surface area contributed by atoms with Gasteiger partial charge in [0, 0.05) is 18.1 Å². The summed E-state index contributed by atoms with van der Waals surface area (Å²) in [6.45, 7) is 4.77. The molecule has 0 radical (unpaired) electrons. The van der Waals surface area contributed by atoms with E-state index in [0.29, 0.717) is 23.2 Å². The molecule has 0 atom stereocenters. The summed E-state index contributed by atoms with van der Waals surface area (Å²) in [7, 11) is 1.66. The molecule has 0 fully saturated rings. The standard InChI is InChI=1S/C13H18BrFN2O2/c1-8(2)19-5-4-17(3)13(18)9-6-12(16)11(15)7-10(9)14/h6-8H,4-5,16H2,1-3H3. The molecule has 4 nitrogen and oxygen atoms in total. The van der Waals surface area contributed by atoms with E-state index in [4.69, 9.17) is 10.5 Å². The summed E-state index contributed by atoms with van der Waals surface area (Å²) in [6, 6.07) is 2.53. The van der Waals surface area contributed by atoms with E-state index in [1.54, 1.807) is 7.05 Å². The Morgan fingerprint density at radius 3 is 2.74 bits per heavy atom. The summed E-state index contributed by atoms with van der Waals surface area (Å²) in [6.07, 6.45) is 0.122. The lowest BCUT2D eigenvalue weighted by atomic mass is 10.1. The summed E-state index contributed by atoms with van der Waals surface area (Å²) in [5.74, 6) is -0.778. The van der Waals surface area contributed by atoms with Gasteiger partial charge in [-0.3, -0.25) is 4.79 Å². The van der Waals surface area contributed by atoms with Gasteiger partial charge in [0.2, 0.25) is 0 Å². The molecule has 2 N–H and O–H groups in total. The third kappa shape index (κ3) is 4.47. The minimum absolute atomic E-state index is 0.0432. The molecule has 19 heavy (non-hydrogen) atoms. The van der Waals surface area contributed by atoms with Gasteiger partial charge >= 0.3 is 0 Å². The average Bonchev–Trinajstić information content (AvgIpc) is 2.32. The number of halogens is 2. The first-order chi connectivity index (χ1) is 8.82. The molecule has 1 amide bonds. The van der Waals surface area contributed by atoms with Crippen molar-refractivity contribution < 1.29 is 13.9 Å². The van der Waals surface area contributed by atoms with Gasteiger partial charge in [-0.25, -0.2) is 4.39 Å². The minimum atomic E-state index is -0.547. The number of nitrogens with two attached hydrogens (primary N) is 1. The highest BCUT2D eigenvalue weighted by Crippen LogP contribution is 2.23. The van der Waals surface area contributed by atoms with Gasteiger partial charge in [-0.15, -0.1) is 0 Å². The lowest BCUT2D eigenvalue weighted by Crippen LogP contribution is -2.31. The fourth-order valence-electron chi connectivity index (χ4n) is 1.46. The summed E-state index contributed by atoms with van der Waals surface area (Å²) in [4.78, 5) is 13.7. The lowest BCUT2D eigenvalue weighted by molar-refractivity contribution is 0.0531. The van der Waals surface area contributed by atoms with E-state index in [0.717, 1.165) is 0 Å². The number of carbonyl (C=O) groups excluding carboxylic acids is 1. The maximum Gasteiger partial charge on any atom is 0.254 e. The second-order valence-corrected chi connectivity index (χ2v) is 5.35. The Labute approximate surface area is 120 Å². The fraction of sp³-hybridized carbons (Fsp3) is 0.462. The van der Waals surface area contributed by atoms with Crippen molar-refractivity contribution >= 4 is 27.5 Å². The van der Waals surface area contributed by atoms with Crippen LogP contribution in [-0.4, -0.2) is 37.1 Å². The number of nitrogen functional groups attached to an aromatic ring is 1. The number of hydrogen-bond acceptors (Lipinski definition) is 3. The van der Waals surface area contributed by atoms with Crippen LogP contribution < -0.4 is 5.73 Å². The van der Waals surface area contributed by atoms with Gasteiger partial charge in [-0.2, -0.15) is 0 Å². The monoisotopic (exact) mass is 332 g/mol.